The Balaban J connectivity index is 1.57. The molecule has 6 nitrogen and oxygen atoms in total. The van der Waals surface area contributed by atoms with E-state index in [4.69, 9.17) is 4.74 Å². The van der Waals surface area contributed by atoms with Gasteiger partial charge in [-0.2, -0.15) is 0 Å². The number of likely N-dealkylation sites (tertiary alicyclic amines) is 1. The van der Waals surface area contributed by atoms with Crippen molar-refractivity contribution in [3.63, 3.8) is 0 Å². The van der Waals surface area contributed by atoms with Crippen molar-refractivity contribution in [2.75, 3.05) is 33.3 Å². The van der Waals surface area contributed by atoms with Crippen LogP contribution in [0.1, 0.15) is 18.4 Å². The van der Waals surface area contributed by atoms with Gasteiger partial charge in [0.1, 0.15) is 5.75 Å². The van der Waals surface area contributed by atoms with Crippen LogP contribution in [0.3, 0.4) is 0 Å². The van der Waals surface area contributed by atoms with Crippen LogP contribution in [0.4, 0.5) is 4.79 Å². The van der Waals surface area contributed by atoms with Crippen LogP contribution in [0, 0.1) is 0 Å². The Kier molecular flexibility index (Phi) is 6.62. The maximum Gasteiger partial charge on any atom is 0.324 e. The second-order valence-electron chi connectivity index (χ2n) is 5.26. The molecule has 1 fully saturated rings. The summed E-state index contributed by atoms with van der Waals surface area (Å²) in [6.07, 6.45) is 5.28. The number of nitrogens with one attached hydrogen (secondary N) is 2. The summed E-state index contributed by atoms with van der Waals surface area (Å²) in [5.74, 6) is 0.755. The molecule has 0 saturated carbocycles. The number of methoxy groups -OCH3 is 1. The molecule has 1 aromatic rings. The zero-order valence-electron chi connectivity index (χ0n) is 13.4. The summed E-state index contributed by atoms with van der Waals surface area (Å²) >= 11 is 0. The highest BCUT2D eigenvalue weighted by atomic mass is 16.5. The zero-order chi connectivity index (χ0) is 16.5. The van der Waals surface area contributed by atoms with Gasteiger partial charge in [0.15, 0.2) is 0 Å². The van der Waals surface area contributed by atoms with Crippen LogP contribution in [0.2, 0.25) is 0 Å². The molecule has 0 bridgehead atoms. The number of benzene rings is 1. The molecule has 0 spiro atoms. The fourth-order valence-electron chi connectivity index (χ4n) is 2.31. The summed E-state index contributed by atoms with van der Waals surface area (Å²) in [4.78, 5) is 24.4. The quantitative estimate of drug-likeness (QED) is 0.750. The van der Waals surface area contributed by atoms with Crippen molar-refractivity contribution in [3.05, 3.63) is 35.9 Å². The molecule has 0 aromatic heterocycles. The lowest BCUT2D eigenvalue weighted by molar-refractivity contribution is -0.125. The highest BCUT2D eigenvalue weighted by Crippen LogP contribution is 2.12. The largest absolute Gasteiger partial charge is 0.497 e. The first-order chi connectivity index (χ1) is 11.2. The van der Waals surface area contributed by atoms with Gasteiger partial charge in [0.05, 0.1) is 7.11 Å². The third kappa shape index (κ3) is 5.41. The molecule has 0 radical (unpaired) electrons. The number of imide groups is 1. The summed E-state index contributed by atoms with van der Waals surface area (Å²) < 4.78 is 5.11. The number of nitrogens with zero attached hydrogens (tertiary/aromatic N) is 1. The van der Waals surface area contributed by atoms with Crippen molar-refractivity contribution in [2.45, 2.75) is 12.8 Å². The molecule has 1 aromatic carbocycles. The maximum atomic E-state index is 11.7. The number of carbonyl (C=O) groups is 2. The van der Waals surface area contributed by atoms with Crippen LogP contribution >= 0.6 is 0 Å². The lowest BCUT2D eigenvalue weighted by atomic mass is 10.2. The first-order valence-corrected chi connectivity index (χ1v) is 7.80. The van der Waals surface area contributed by atoms with Crippen molar-refractivity contribution < 1.29 is 14.3 Å². The number of hydrogen-bond donors (Lipinski definition) is 2. The minimum absolute atomic E-state index is 0.0853. The van der Waals surface area contributed by atoms with E-state index in [1.54, 1.807) is 7.11 Å². The van der Waals surface area contributed by atoms with Gasteiger partial charge in [-0.1, -0.05) is 24.3 Å². The van der Waals surface area contributed by atoms with Gasteiger partial charge in [-0.15, -0.1) is 0 Å². The van der Waals surface area contributed by atoms with Gasteiger partial charge in [0.25, 0.3) is 0 Å². The topological polar surface area (TPSA) is 70.7 Å². The highest BCUT2D eigenvalue weighted by Gasteiger charge is 2.25. The van der Waals surface area contributed by atoms with Gasteiger partial charge in [0, 0.05) is 32.6 Å². The van der Waals surface area contributed by atoms with Crippen molar-refractivity contribution >= 4 is 18.0 Å². The molecular weight excluding hydrogens is 294 g/mol. The molecule has 6 heteroatoms. The van der Waals surface area contributed by atoms with Crippen LogP contribution in [0.5, 0.6) is 5.75 Å². The van der Waals surface area contributed by atoms with Gasteiger partial charge in [0.2, 0.25) is 5.91 Å². The lowest BCUT2D eigenvalue weighted by Crippen LogP contribution is -2.42. The van der Waals surface area contributed by atoms with Crippen LogP contribution in [0.25, 0.3) is 6.08 Å². The second-order valence-corrected chi connectivity index (χ2v) is 5.26. The minimum atomic E-state index is -0.289. The van der Waals surface area contributed by atoms with E-state index in [1.807, 2.05) is 36.4 Å². The molecule has 1 heterocycles. The van der Waals surface area contributed by atoms with E-state index in [0.29, 0.717) is 32.6 Å². The molecule has 1 aliphatic heterocycles. The molecule has 1 aliphatic rings. The Morgan fingerprint density at radius 2 is 2.09 bits per heavy atom. The normalized spacial score (nSPS) is 14.5. The van der Waals surface area contributed by atoms with E-state index >= 15 is 0 Å². The summed E-state index contributed by atoms with van der Waals surface area (Å²) in [5.41, 5.74) is 1.11. The Hall–Kier alpha value is -2.34. The monoisotopic (exact) mass is 317 g/mol. The molecule has 124 valence electrons. The molecule has 2 N–H and O–H groups in total. The van der Waals surface area contributed by atoms with E-state index < -0.39 is 0 Å². The second kappa shape index (κ2) is 8.95. The first kappa shape index (κ1) is 17.0. The molecule has 23 heavy (non-hydrogen) atoms. The fraction of sp³-hybridized carbons (Fsp3) is 0.412. The minimum Gasteiger partial charge on any atom is -0.497 e. The fourth-order valence-corrected chi connectivity index (χ4v) is 2.31. The maximum absolute atomic E-state index is 11.7. The van der Waals surface area contributed by atoms with Crippen LogP contribution in [-0.4, -0.2) is 50.1 Å². The van der Waals surface area contributed by atoms with Crippen LogP contribution in [0.15, 0.2) is 30.3 Å². The number of hydrogen-bond acceptors (Lipinski definition) is 4. The average molecular weight is 317 g/mol. The number of ether oxygens (including phenoxy) is 1. The Bertz CT molecular complexity index is 555. The van der Waals surface area contributed by atoms with Gasteiger partial charge in [-0.05, 0) is 24.1 Å². The zero-order valence-corrected chi connectivity index (χ0v) is 13.4. The van der Waals surface area contributed by atoms with Gasteiger partial charge >= 0.3 is 6.03 Å². The highest BCUT2D eigenvalue weighted by molar-refractivity contribution is 5.95. The third-order valence-corrected chi connectivity index (χ3v) is 3.58. The van der Waals surface area contributed by atoms with E-state index in [9.17, 15) is 9.59 Å². The van der Waals surface area contributed by atoms with Gasteiger partial charge in [-0.3, -0.25) is 9.69 Å². The van der Waals surface area contributed by atoms with E-state index in [-0.39, 0.29) is 11.9 Å². The number of rotatable bonds is 7. The lowest BCUT2D eigenvalue weighted by Gasteiger charge is -2.14. The summed E-state index contributed by atoms with van der Waals surface area (Å²) in [6, 6.07) is 7.53. The Morgan fingerprint density at radius 3 is 2.74 bits per heavy atom. The molecule has 1 saturated heterocycles. The Morgan fingerprint density at radius 1 is 1.30 bits per heavy atom. The Labute approximate surface area is 136 Å². The predicted molar refractivity (Wildman–Crippen MR) is 89.2 cm³/mol. The van der Waals surface area contributed by atoms with E-state index in [2.05, 4.69) is 10.6 Å². The number of amides is 3. The molecule has 0 atom stereocenters. The van der Waals surface area contributed by atoms with Gasteiger partial charge in [-0.25, -0.2) is 4.79 Å². The SMILES string of the molecule is COc1ccc(C=CCNCCNC(=O)N2CCCC2=O)cc1. The van der Waals surface area contributed by atoms with Crippen LogP contribution < -0.4 is 15.4 Å². The number of carbonyl (C=O) groups excluding carboxylic acids is 2. The van der Waals surface area contributed by atoms with Crippen LogP contribution in [-0.2, 0) is 4.79 Å². The van der Waals surface area contributed by atoms with E-state index in [1.165, 1.54) is 4.90 Å². The predicted octanol–water partition coefficient (Wildman–Crippen LogP) is 1.63. The van der Waals surface area contributed by atoms with E-state index in [0.717, 1.165) is 17.7 Å². The van der Waals surface area contributed by atoms with Crippen molar-refractivity contribution in [3.8, 4) is 5.75 Å². The molecular formula is C17H23N3O3. The average Bonchev–Trinajstić information content (AvgIpc) is 3.00. The summed E-state index contributed by atoms with van der Waals surface area (Å²) in [7, 11) is 1.65. The molecule has 3 amide bonds. The van der Waals surface area contributed by atoms with Gasteiger partial charge < -0.3 is 15.4 Å². The first-order valence-electron chi connectivity index (χ1n) is 7.80. The smallest absolute Gasteiger partial charge is 0.324 e. The van der Waals surface area contributed by atoms with Crippen molar-refractivity contribution in [1.82, 2.24) is 15.5 Å². The summed E-state index contributed by atoms with van der Waals surface area (Å²) in [6.45, 7) is 2.40. The number of urea groups is 1. The molecule has 2 rings (SSSR count). The molecule has 0 aliphatic carbocycles. The standard InChI is InChI=1S/C17H23N3O3/c1-23-15-8-6-14(7-9-15)4-2-10-18-11-12-19-17(22)20-13-3-5-16(20)21/h2,4,6-9,18H,3,5,10-13H2,1H3,(H,19,22). The molecule has 0 unspecified atom stereocenters. The van der Waals surface area contributed by atoms with Crippen molar-refractivity contribution in [2.24, 2.45) is 0 Å². The third-order valence-electron chi connectivity index (χ3n) is 3.58. The van der Waals surface area contributed by atoms with Crippen molar-refractivity contribution in [1.29, 1.82) is 0 Å². The summed E-state index contributed by atoms with van der Waals surface area (Å²) in [5, 5.41) is 5.95.